The molecule has 2 heteroatoms. The molecule has 0 atom stereocenters. The van der Waals surface area contributed by atoms with Gasteiger partial charge in [0, 0.05) is 22.9 Å². The molecule has 0 aliphatic heterocycles. The molecule has 1 nitrogen and oxygen atoms in total. The molecule has 0 fully saturated rings. The minimum atomic E-state index is 1.25. The van der Waals surface area contributed by atoms with E-state index in [1.54, 1.807) is 0 Å². The Bertz CT molecular complexity index is 641. The third-order valence-corrected chi connectivity index (χ3v) is 3.84. The number of hydrogen-bond donors (Lipinski definition) is 1. The fourth-order valence-corrected chi connectivity index (χ4v) is 2.99. The van der Waals surface area contributed by atoms with Gasteiger partial charge in [0.2, 0.25) is 0 Å². The number of H-pyrrole nitrogens is 1. The lowest BCUT2D eigenvalue weighted by atomic mass is 10.0. The van der Waals surface area contributed by atoms with E-state index >= 15 is 0 Å². The maximum atomic E-state index is 3.12. The van der Waals surface area contributed by atoms with Crippen molar-refractivity contribution in [2.24, 2.45) is 0 Å². The van der Waals surface area contributed by atoms with Gasteiger partial charge in [-0.05, 0) is 28.7 Å². The molecular formula is C15H13NS. The average Bonchev–Trinajstić information content (AvgIpc) is 2.91. The van der Waals surface area contributed by atoms with Gasteiger partial charge in [-0.25, -0.2) is 0 Å². The molecule has 1 N–H and O–H groups in total. The highest BCUT2D eigenvalue weighted by atomic mass is 32.2. The lowest BCUT2D eigenvalue weighted by molar-refractivity contribution is 1.41. The second kappa shape index (κ2) is 4.30. The maximum absolute atomic E-state index is 3.12. The van der Waals surface area contributed by atoms with Crippen molar-refractivity contribution in [3.05, 3.63) is 54.9 Å². The zero-order valence-electron chi connectivity index (χ0n) is 9.60. The Labute approximate surface area is 105 Å². The highest BCUT2D eigenvalue weighted by Gasteiger charge is 2.08. The van der Waals surface area contributed by atoms with Gasteiger partial charge in [-0.3, -0.25) is 0 Å². The second-order valence-electron chi connectivity index (χ2n) is 3.97. The fraction of sp³-hybridized carbons (Fsp3) is 0.0667. The lowest BCUT2D eigenvalue weighted by Crippen LogP contribution is -1.83. The molecular weight excluding hydrogens is 226 g/mol. The van der Waals surface area contributed by atoms with E-state index in [1.807, 2.05) is 24.2 Å². The monoisotopic (exact) mass is 239 g/mol. The van der Waals surface area contributed by atoms with E-state index in [0.717, 1.165) is 0 Å². The summed E-state index contributed by atoms with van der Waals surface area (Å²) >= 11 is 1.81. The quantitative estimate of drug-likeness (QED) is 0.648. The summed E-state index contributed by atoms with van der Waals surface area (Å²) in [6.45, 7) is 0. The first kappa shape index (κ1) is 10.5. The standard InChI is InChI=1S/C15H13NS/c1-17-15-13-5-3-2-4-11(13)6-7-14(15)12-8-9-16-10-12/h2-10,16H,1H3. The topological polar surface area (TPSA) is 15.8 Å². The first-order chi connectivity index (χ1) is 8.40. The molecule has 0 amide bonds. The molecule has 1 aromatic heterocycles. The normalized spacial score (nSPS) is 10.9. The van der Waals surface area contributed by atoms with Crippen LogP contribution in [0.25, 0.3) is 21.9 Å². The van der Waals surface area contributed by atoms with Gasteiger partial charge in [-0.15, -0.1) is 11.8 Å². The summed E-state index contributed by atoms with van der Waals surface area (Å²) in [6.07, 6.45) is 6.15. The third-order valence-electron chi connectivity index (χ3n) is 2.99. The number of nitrogens with one attached hydrogen (secondary N) is 1. The first-order valence-corrected chi connectivity index (χ1v) is 6.81. The van der Waals surface area contributed by atoms with E-state index in [0.29, 0.717) is 0 Å². The molecule has 0 saturated carbocycles. The summed E-state index contributed by atoms with van der Waals surface area (Å²) in [5.41, 5.74) is 2.55. The van der Waals surface area contributed by atoms with Gasteiger partial charge in [0.15, 0.2) is 0 Å². The van der Waals surface area contributed by atoms with Gasteiger partial charge in [0.25, 0.3) is 0 Å². The van der Waals surface area contributed by atoms with Crippen molar-refractivity contribution in [3.63, 3.8) is 0 Å². The number of hydrogen-bond acceptors (Lipinski definition) is 1. The number of aromatic amines is 1. The van der Waals surface area contributed by atoms with Crippen LogP contribution in [0.4, 0.5) is 0 Å². The fourth-order valence-electron chi connectivity index (χ4n) is 2.18. The molecule has 0 aliphatic carbocycles. The molecule has 0 unspecified atom stereocenters. The summed E-state index contributed by atoms with van der Waals surface area (Å²) < 4.78 is 0. The van der Waals surface area contributed by atoms with Crippen molar-refractivity contribution in [2.45, 2.75) is 4.90 Å². The van der Waals surface area contributed by atoms with Gasteiger partial charge in [0.1, 0.15) is 0 Å². The Morgan fingerprint density at radius 2 is 1.88 bits per heavy atom. The molecule has 0 spiro atoms. The van der Waals surface area contributed by atoms with Crippen molar-refractivity contribution in [1.82, 2.24) is 4.98 Å². The Morgan fingerprint density at radius 1 is 1.00 bits per heavy atom. The van der Waals surface area contributed by atoms with Crippen molar-refractivity contribution in [2.75, 3.05) is 6.26 Å². The van der Waals surface area contributed by atoms with Gasteiger partial charge >= 0.3 is 0 Å². The summed E-state index contributed by atoms with van der Waals surface area (Å²) in [4.78, 5) is 4.47. The molecule has 84 valence electrons. The largest absolute Gasteiger partial charge is 0.367 e. The van der Waals surface area contributed by atoms with E-state index in [9.17, 15) is 0 Å². The predicted molar refractivity (Wildman–Crippen MR) is 75.5 cm³/mol. The van der Waals surface area contributed by atoms with E-state index in [-0.39, 0.29) is 0 Å². The van der Waals surface area contributed by atoms with E-state index in [1.165, 1.54) is 26.8 Å². The van der Waals surface area contributed by atoms with E-state index in [4.69, 9.17) is 0 Å². The van der Waals surface area contributed by atoms with Gasteiger partial charge in [-0.2, -0.15) is 0 Å². The molecule has 0 aliphatic rings. The minimum absolute atomic E-state index is 1.25. The van der Waals surface area contributed by atoms with E-state index < -0.39 is 0 Å². The van der Waals surface area contributed by atoms with Gasteiger partial charge < -0.3 is 4.98 Å². The van der Waals surface area contributed by atoms with Crippen LogP contribution in [-0.4, -0.2) is 11.2 Å². The Kier molecular flexibility index (Phi) is 2.65. The number of thioether (sulfide) groups is 1. The predicted octanol–water partition coefficient (Wildman–Crippen LogP) is 4.56. The van der Waals surface area contributed by atoms with Crippen LogP contribution in [0.15, 0.2) is 59.8 Å². The van der Waals surface area contributed by atoms with Crippen molar-refractivity contribution in [1.29, 1.82) is 0 Å². The maximum Gasteiger partial charge on any atom is 0.0227 e. The zero-order valence-corrected chi connectivity index (χ0v) is 10.4. The van der Waals surface area contributed by atoms with Crippen LogP contribution < -0.4 is 0 Å². The Balaban J connectivity index is 2.33. The average molecular weight is 239 g/mol. The SMILES string of the molecule is CSc1c(-c2cc[nH]c2)ccc2ccccc12. The van der Waals surface area contributed by atoms with E-state index in [2.05, 4.69) is 53.7 Å². The van der Waals surface area contributed by atoms with Gasteiger partial charge in [-0.1, -0.05) is 36.4 Å². The number of benzene rings is 2. The minimum Gasteiger partial charge on any atom is -0.367 e. The van der Waals surface area contributed by atoms with Crippen molar-refractivity contribution >= 4 is 22.5 Å². The first-order valence-electron chi connectivity index (χ1n) is 5.59. The van der Waals surface area contributed by atoms with Gasteiger partial charge in [0.05, 0.1) is 0 Å². The second-order valence-corrected chi connectivity index (χ2v) is 4.78. The number of rotatable bonds is 2. The van der Waals surface area contributed by atoms with Crippen LogP contribution in [0.2, 0.25) is 0 Å². The molecule has 3 rings (SSSR count). The molecule has 17 heavy (non-hydrogen) atoms. The van der Waals surface area contributed by atoms with Crippen LogP contribution in [-0.2, 0) is 0 Å². The Hall–Kier alpha value is -1.67. The van der Waals surface area contributed by atoms with Crippen LogP contribution in [0.5, 0.6) is 0 Å². The Morgan fingerprint density at radius 3 is 2.65 bits per heavy atom. The molecule has 1 heterocycles. The molecule has 3 aromatic rings. The van der Waals surface area contributed by atoms with Crippen LogP contribution in [0, 0.1) is 0 Å². The molecule has 0 bridgehead atoms. The van der Waals surface area contributed by atoms with Crippen molar-refractivity contribution < 1.29 is 0 Å². The third kappa shape index (κ3) is 1.75. The summed E-state index contributed by atoms with van der Waals surface area (Å²) in [6, 6.07) is 15.1. The number of fused-ring (bicyclic) bond motifs is 1. The zero-order chi connectivity index (χ0) is 11.7. The summed E-state index contributed by atoms with van der Waals surface area (Å²) in [5, 5.41) is 2.63. The van der Waals surface area contributed by atoms with Crippen LogP contribution in [0.3, 0.4) is 0 Å². The summed E-state index contributed by atoms with van der Waals surface area (Å²) in [7, 11) is 0. The summed E-state index contributed by atoms with van der Waals surface area (Å²) in [5.74, 6) is 0. The smallest absolute Gasteiger partial charge is 0.0227 e. The highest BCUT2D eigenvalue weighted by molar-refractivity contribution is 7.99. The van der Waals surface area contributed by atoms with Crippen LogP contribution >= 0.6 is 11.8 Å². The highest BCUT2D eigenvalue weighted by Crippen LogP contribution is 2.36. The molecule has 0 radical (unpaired) electrons. The molecule has 0 saturated heterocycles. The van der Waals surface area contributed by atoms with Crippen molar-refractivity contribution in [3.8, 4) is 11.1 Å². The molecule has 2 aromatic carbocycles. The number of aromatic nitrogens is 1. The lowest BCUT2D eigenvalue weighted by Gasteiger charge is -2.09. The van der Waals surface area contributed by atoms with Crippen LogP contribution in [0.1, 0.15) is 0 Å².